The molecular formula is C18H13N3. The molecule has 0 aliphatic heterocycles. The minimum Gasteiger partial charge on any atom is -0.310 e. The first kappa shape index (κ1) is 12.9. The number of hydrogen-bond acceptors (Lipinski definition) is 3. The number of hydrogen-bond donors (Lipinski definition) is 0. The Morgan fingerprint density at radius 3 is 1.86 bits per heavy atom. The molecule has 100 valence electrons. The summed E-state index contributed by atoms with van der Waals surface area (Å²) in [7, 11) is 0. The predicted molar refractivity (Wildman–Crippen MR) is 83.6 cm³/mol. The maximum atomic E-state index is 9.05. The van der Waals surface area contributed by atoms with Crippen LogP contribution in [-0.2, 0) is 0 Å². The largest absolute Gasteiger partial charge is 0.310 e. The van der Waals surface area contributed by atoms with Crippen LogP contribution in [0.5, 0.6) is 0 Å². The summed E-state index contributed by atoms with van der Waals surface area (Å²) in [6.45, 7) is 0. The van der Waals surface area contributed by atoms with Crippen molar-refractivity contribution in [3.8, 4) is 6.07 Å². The molecule has 0 aliphatic rings. The van der Waals surface area contributed by atoms with Gasteiger partial charge in [0.2, 0.25) is 0 Å². The van der Waals surface area contributed by atoms with Gasteiger partial charge in [-0.15, -0.1) is 0 Å². The third kappa shape index (κ3) is 2.75. The van der Waals surface area contributed by atoms with Gasteiger partial charge >= 0.3 is 0 Å². The molecule has 0 radical (unpaired) electrons. The maximum Gasteiger partial charge on any atom is 0.142 e. The van der Waals surface area contributed by atoms with Crippen LogP contribution in [0, 0.1) is 11.3 Å². The minimum atomic E-state index is 0.407. The van der Waals surface area contributed by atoms with Crippen molar-refractivity contribution in [1.29, 1.82) is 5.26 Å². The summed E-state index contributed by atoms with van der Waals surface area (Å²) in [5.74, 6) is 0. The van der Waals surface area contributed by atoms with Gasteiger partial charge in [-0.05, 0) is 36.4 Å². The molecule has 0 spiro atoms. The van der Waals surface area contributed by atoms with E-state index in [1.54, 1.807) is 12.3 Å². The van der Waals surface area contributed by atoms with E-state index in [0.29, 0.717) is 5.69 Å². The van der Waals surface area contributed by atoms with E-state index in [0.717, 1.165) is 17.1 Å². The summed E-state index contributed by atoms with van der Waals surface area (Å²) < 4.78 is 0. The van der Waals surface area contributed by atoms with Gasteiger partial charge in [0.05, 0.1) is 5.69 Å². The number of nitrogens with zero attached hydrogens (tertiary/aromatic N) is 3. The zero-order valence-electron chi connectivity index (χ0n) is 11.3. The van der Waals surface area contributed by atoms with E-state index in [9.17, 15) is 0 Å². The lowest BCUT2D eigenvalue weighted by Crippen LogP contribution is -2.10. The highest BCUT2D eigenvalue weighted by atomic mass is 15.1. The normalized spacial score (nSPS) is 9.86. The molecule has 0 atom stereocenters. The molecule has 3 heteroatoms. The van der Waals surface area contributed by atoms with Crippen molar-refractivity contribution in [3.63, 3.8) is 0 Å². The first-order chi connectivity index (χ1) is 10.4. The fraction of sp³-hybridized carbons (Fsp3) is 0. The van der Waals surface area contributed by atoms with Gasteiger partial charge in [0.25, 0.3) is 0 Å². The summed E-state index contributed by atoms with van der Waals surface area (Å²) in [4.78, 5) is 6.14. The fourth-order valence-corrected chi connectivity index (χ4v) is 2.22. The second kappa shape index (κ2) is 5.89. The third-order valence-electron chi connectivity index (χ3n) is 3.15. The number of rotatable bonds is 3. The molecule has 21 heavy (non-hydrogen) atoms. The van der Waals surface area contributed by atoms with Gasteiger partial charge in [0.15, 0.2) is 0 Å². The smallest absolute Gasteiger partial charge is 0.142 e. The average Bonchev–Trinajstić information content (AvgIpc) is 2.57. The maximum absolute atomic E-state index is 9.05. The minimum absolute atomic E-state index is 0.407. The molecule has 1 aromatic heterocycles. The van der Waals surface area contributed by atoms with Crippen LogP contribution in [-0.4, -0.2) is 4.98 Å². The Kier molecular flexibility index (Phi) is 3.62. The summed E-state index contributed by atoms with van der Waals surface area (Å²) >= 11 is 0. The average molecular weight is 271 g/mol. The Balaban J connectivity index is 2.15. The predicted octanol–water partition coefficient (Wildman–Crippen LogP) is 4.42. The monoisotopic (exact) mass is 271 g/mol. The summed E-state index contributed by atoms with van der Waals surface area (Å²) in [5, 5.41) is 9.05. The van der Waals surface area contributed by atoms with Gasteiger partial charge in [-0.25, -0.2) is 4.98 Å². The Labute approximate surface area is 123 Å². The second-order valence-electron chi connectivity index (χ2n) is 4.52. The van der Waals surface area contributed by atoms with Gasteiger partial charge in [-0.1, -0.05) is 36.4 Å². The lowest BCUT2D eigenvalue weighted by Gasteiger charge is -2.25. The topological polar surface area (TPSA) is 39.9 Å². The highest BCUT2D eigenvalue weighted by Gasteiger charge is 2.12. The summed E-state index contributed by atoms with van der Waals surface area (Å²) in [5.41, 5.74) is 3.40. The van der Waals surface area contributed by atoms with Crippen molar-refractivity contribution in [1.82, 2.24) is 4.98 Å². The van der Waals surface area contributed by atoms with E-state index in [1.807, 2.05) is 66.7 Å². The van der Waals surface area contributed by atoms with Gasteiger partial charge in [-0.3, -0.25) is 0 Å². The van der Waals surface area contributed by atoms with Gasteiger partial charge in [-0.2, -0.15) is 5.26 Å². The first-order valence-electron chi connectivity index (χ1n) is 6.65. The van der Waals surface area contributed by atoms with Crippen LogP contribution in [0.25, 0.3) is 0 Å². The lowest BCUT2D eigenvalue weighted by molar-refractivity contribution is 1.21. The van der Waals surface area contributed by atoms with Gasteiger partial charge < -0.3 is 4.90 Å². The molecule has 3 rings (SSSR count). The van der Waals surface area contributed by atoms with E-state index >= 15 is 0 Å². The summed E-state index contributed by atoms with van der Waals surface area (Å²) in [6.07, 6.45) is 1.66. The zero-order valence-corrected chi connectivity index (χ0v) is 11.3. The van der Waals surface area contributed by atoms with Crippen LogP contribution in [0.15, 0.2) is 79.0 Å². The van der Waals surface area contributed by atoms with Gasteiger partial charge in [0, 0.05) is 17.6 Å². The van der Waals surface area contributed by atoms with E-state index in [2.05, 4.69) is 16.0 Å². The Hall–Kier alpha value is -3.12. The molecule has 0 fully saturated rings. The molecule has 3 nitrogen and oxygen atoms in total. The fourth-order valence-electron chi connectivity index (χ4n) is 2.22. The summed E-state index contributed by atoms with van der Waals surface area (Å²) in [6, 6.07) is 25.9. The molecule has 0 aliphatic carbocycles. The Morgan fingerprint density at radius 2 is 1.33 bits per heavy atom. The van der Waals surface area contributed by atoms with Crippen molar-refractivity contribution in [2.45, 2.75) is 0 Å². The van der Waals surface area contributed by atoms with Crippen molar-refractivity contribution in [3.05, 3.63) is 84.7 Å². The van der Waals surface area contributed by atoms with E-state index in [1.165, 1.54) is 0 Å². The van der Waals surface area contributed by atoms with E-state index < -0.39 is 0 Å². The van der Waals surface area contributed by atoms with E-state index in [-0.39, 0.29) is 0 Å². The number of benzene rings is 2. The van der Waals surface area contributed by atoms with Crippen LogP contribution in [0.1, 0.15) is 5.69 Å². The number of aromatic nitrogens is 1. The van der Waals surface area contributed by atoms with Crippen LogP contribution in [0.2, 0.25) is 0 Å². The molecule has 0 bridgehead atoms. The van der Waals surface area contributed by atoms with E-state index in [4.69, 9.17) is 5.26 Å². The van der Waals surface area contributed by atoms with Crippen molar-refractivity contribution in [2.75, 3.05) is 4.90 Å². The molecule has 3 aromatic rings. The molecule has 2 aromatic carbocycles. The van der Waals surface area contributed by atoms with Crippen LogP contribution in [0.3, 0.4) is 0 Å². The van der Waals surface area contributed by atoms with Crippen LogP contribution < -0.4 is 4.90 Å². The first-order valence-corrected chi connectivity index (χ1v) is 6.65. The third-order valence-corrected chi connectivity index (χ3v) is 3.15. The standard InChI is InChI=1S/C18H13N3/c19-14-15-13-18(11-12-20-15)21(16-7-3-1-4-8-16)17-9-5-2-6-10-17/h1-13H. The number of nitriles is 1. The SMILES string of the molecule is N#Cc1cc(N(c2ccccc2)c2ccccc2)ccn1. The quantitative estimate of drug-likeness (QED) is 0.707. The van der Waals surface area contributed by atoms with Crippen molar-refractivity contribution in [2.24, 2.45) is 0 Å². The molecule has 0 amide bonds. The van der Waals surface area contributed by atoms with Crippen molar-refractivity contribution < 1.29 is 0 Å². The molecule has 1 heterocycles. The molecule has 0 saturated heterocycles. The molecule has 0 saturated carbocycles. The molecule has 0 unspecified atom stereocenters. The molecule has 0 N–H and O–H groups in total. The second-order valence-corrected chi connectivity index (χ2v) is 4.52. The molecular weight excluding hydrogens is 258 g/mol. The lowest BCUT2D eigenvalue weighted by atomic mass is 10.2. The Morgan fingerprint density at radius 1 is 0.762 bits per heavy atom. The highest BCUT2D eigenvalue weighted by Crippen LogP contribution is 2.33. The number of anilines is 3. The Bertz CT molecular complexity index is 722. The van der Waals surface area contributed by atoms with Crippen LogP contribution >= 0.6 is 0 Å². The number of para-hydroxylation sites is 2. The van der Waals surface area contributed by atoms with Crippen LogP contribution in [0.4, 0.5) is 17.1 Å². The zero-order chi connectivity index (χ0) is 14.5. The number of pyridine rings is 1. The van der Waals surface area contributed by atoms with Crippen molar-refractivity contribution >= 4 is 17.1 Å². The highest BCUT2D eigenvalue weighted by molar-refractivity contribution is 5.76. The van der Waals surface area contributed by atoms with Gasteiger partial charge in [0.1, 0.15) is 11.8 Å².